The minimum absolute atomic E-state index is 0.155. The van der Waals surface area contributed by atoms with Crippen LogP contribution in [0.25, 0.3) is 0 Å². The maximum atomic E-state index is 13.1. The van der Waals surface area contributed by atoms with Crippen LogP contribution in [-0.2, 0) is 16.6 Å². The van der Waals surface area contributed by atoms with Crippen molar-refractivity contribution in [3.63, 3.8) is 0 Å². The van der Waals surface area contributed by atoms with Crippen molar-refractivity contribution in [2.75, 3.05) is 13.1 Å². The fourth-order valence-corrected chi connectivity index (χ4v) is 4.89. The van der Waals surface area contributed by atoms with Gasteiger partial charge in [0.25, 0.3) is 0 Å². The Morgan fingerprint density at radius 3 is 3.00 bits per heavy atom. The first-order valence-corrected chi connectivity index (χ1v) is 8.85. The number of likely N-dealkylation sites (tertiary alicyclic amines) is 1. The quantitative estimate of drug-likeness (QED) is 0.912. The highest BCUT2D eigenvalue weighted by Gasteiger charge is 2.61. The van der Waals surface area contributed by atoms with Gasteiger partial charge in [-0.1, -0.05) is 24.3 Å². The van der Waals surface area contributed by atoms with E-state index in [2.05, 4.69) is 29.2 Å². The van der Waals surface area contributed by atoms with E-state index >= 15 is 0 Å². The molecule has 3 atom stereocenters. The van der Waals surface area contributed by atoms with E-state index in [0.717, 1.165) is 25.8 Å². The summed E-state index contributed by atoms with van der Waals surface area (Å²) >= 11 is 0. The summed E-state index contributed by atoms with van der Waals surface area (Å²) in [6.07, 6.45) is 8.06. The summed E-state index contributed by atoms with van der Waals surface area (Å²) in [6.45, 7) is 1.52. The van der Waals surface area contributed by atoms with E-state index in [4.69, 9.17) is 5.73 Å². The molecule has 118 valence electrons. The predicted molar refractivity (Wildman–Crippen MR) is 87.6 cm³/mol. The normalized spacial score (nSPS) is 33.6. The van der Waals surface area contributed by atoms with E-state index in [1.54, 1.807) is 0 Å². The Labute approximate surface area is 132 Å². The number of hydrogen-bond acceptors (Lipinski definition) is 2. The predicted octanol–water partition coefficient (Wildman–Crippen LogP) is 2.62. The molecule has 3 aliphatic rings. The summed E-state index contributed by atoms with van der Waals surface area (Å²) < 4.78 is 0. The number of benzene rings is 1. The van der Waals surface area contributed by atoms with E-state index in [0.29, 0.717) is 12.5 Å². The molecule has 1 saturated heterocycles. The first-order valence-electron chi connectivity index (χ1n) is 8.85. The average Bonchev–Trinajstić information content (AvgIpc) is 3.29. The van der Waals surface area contributed by atoms with Crippen molar-refractivity contribution >= 4 is 5.91 Å². The minimum atomic E-state index is 0.155. The zero-order valence-electron chi connectivity index (χ0n) is 13.3. The molecule has 0 aromatic heterocycles. The molecular weight excluding hydrogens is 272 g/mol. The molecule has 22 heavy (non-hydrogen) atoms. The van der Waals surface area contributed by atoms with E-state index in [1.807, 2.05) is 0 Å². The number of hydrogen-bond donors (Lipinski definition) is 1. The molecule has 2 fully saturated rings. The number of nitrogens with two attached hydrogens (primary N) is 1. The van der Waals surface area contributed by atoms with Crippen LogP contribution >= 0.6 is 0 Å². The molecule has 0 radical (unpaired) electrons. The van der Waals surface area contributed by atoms with Gasteiger partial charge < -0.3 is 10.6 Å². The van der Waals surface area contributed by atoms with E-state index in [1.165, 1.54) is 36.8 Å². The highest BCUT2D eigenvalue weighted by Crippen LogP contribution is 2.61. The van der Waals surface area contributed by atoms with Crippen molar-refractivity contribution in [2.45, 2.75) is 56.4 Å². The van der Waals surface area contributed by atoms with E-state index in [9.17, 15) is 4.79 Å². The molecule has 1 amide bonds. The lowest BCUT2D eigenvalue weighted by atomic mass is 9.78. The second-order valence-electron chi connectivity index (χ2n) is 7.34. The summed E-state index contributed by atoms with van der Waals surface area (Å²) in [7, 11) is 0. The topological polar surface area (TPSA) is 46.3 Å². The monoisotopic (exact) mass is 298 g/mol. The zero-order chi connectivity index (χ0) is 15.2. The van der Waals surface area contributed by atoms with Gasteiger partial charge in [-0.25, -0.2) is 0 Å². The molecule has 0 bridgehead atoms. The first-order chi connectivity index (χ1) is 10.8. The molecule has 1 aliphatic heterocycles. The number of piperidine rings is 1. The molecule has 2 aliphatic carbocycles. The van der Waals surface area contributed by atoms with Gasteiger partial charge >= 0.3 is 0 Å². The van der Waals surface area contributed by atoms with Gasteiger partial charge in [0.1, 0.15) is 0 Å². The minimum Gasteiger partial charge on any atom is -0.338 e. The molecule has 1 heterocycles. The maximum absolute atomic E-state index is 13.1. The van der Waals surface area contributed by atoms with Crippen molar-refractivity contribution in [2.24, 2.45) is 11.7 Å². The summed E-state index contributed by atoms with van der Waals surface area (Å²) in [6, 6.07) is 9.05. The number of carbonyl (C=O) groups excluding carboxylic acids is 1. The van der Waals surface area contributed by atoms with Crippen LogP contribution in [0.4, 0.5) is 0 Å². The van der Waals surface area contributed by atoms with Gasteiger partial charge in [0, 0.05) is 30.5 Å². The second kappa shape index (κ2) is 5.38. The molecule has 1 saturated carbocycles. The highest BCUT2D eigenvalue weighted by atomic mass is 16.2. The van der Waals surface area contributed by atoms with Crippen LogP contribution in [0, 0.1) is 5.92 Å². The number of rotatable bonds is 2. The van der Waals surface area contributed by atoms with Crippen molar-refractivity contribution in [1.82, 2.24) is 4.90 Å². The van der Waals surface area contributed by atoms with Crippen molar-refractivity contribution in [1.29, 1.82) is 0 Å². The van der Waals surface area contributed by atoms with Gasteiger partial charge in [-0.05, 0) is 56.1 Å². The molecule has 3 nitrogen and oxygen atoms in total. The van der Waals surface area contributed by atoms with Crippen LogP contribution in [0.3, 0.4) is 0 Å². The van der Waals surface area contributed by atoms with Crippen LogP contribution in [0.2, 0.25) is 0 Å². The Morgan fingerprint density at radius 1 is 1.27 bits per heavy atom. The Kier molecular flexibility index (Phi) is 3.48. The molecular formula is C19H26N2O. The lowest BCUT2D eigenvalue weighted by Crippen LogP contribution is -2.48. The van der Waals surface area contributed by atoms with Gasteiger partial charge in [-0.3, -0.25) is 4.79 Å². The highest BCUT2D eigenvalue weighted by molar-refractivity contribution is 5.85. The van der Waals surface area contributed by atoms with Crippen LogP contribution in [0.1, 0.15) is 49.7 Å². The summed E-state index contributed by atoms with van der Waals surface area (Å²) in [4.78, 5) is 15.2. The van der Waals surface area contributed by atoms with Gasteiger partial charge in [-0.15, -0.1) is 0 Å². The lowest BCUT2D eigenvalue weighted by Gasteiger charge is -2.36. The van der Waals surface area contributed by atoms with Crippen molar-refractivity contribution < 1.29 is 4.79 Å². The Balaban J connectivity index is 1.58. The zero-order valence-corrected chi connectivity index (χ0v) is 13.3. The molecule has 2 N–H and O–H groups in total. The summed E-state index contributed by atoms with van der Waals surface area (Å²) in [5.41, 5.74) is 8.99. The van der Waals surface area contributed by atoms with Crippen LogP contribution < -0.4 is 5.73 Å². The Morgan fingerprint density at radius 2 is 2.14 bits per heavy atom. The van der Waals surface area contributed by atoms with E-state index in [-0.39, 0.29) is 17.4 Å². The van der Waals surface area contributed by atoms with Crippen LogP contribution in [0.5, 0.6) is 0 Å². The van der Waals surface area contributed by atoms with Gasteiger partial charge in [-0.2, -0.15) is 0 Å². The van der Waals surface area contributed by atoms with E-state index < -0.39 is 0 Å². The SMILES string of the molecule is NCC1CCCCN1C(=O)C1CC12CCCc1ccccc12. The average molecular weight is 298 g/mol. The Bertz CT molecular complexity index is 585. The molecule has 4 rings (SSSR count). The molecule has 3 heteroatoms. The maximum Gasteiger partial charge on any atom is 0.226 e. The fraction of sp³-hybridized carbons (Fsp3) is 0.632. The van der Waals surface area contributed by atoms with Crippen LogP contribution in [-0.4, -0.2) is 29.9 Å². The second-order valence-corrected chi connectivity index (χ2v) is 7.34. The third-order valence-corrected chi connectivity index (χ3v) is 6.18. The van der Waals surface area contributed by atoms with Gasteiger partial charge in [0.05, 0.1) is 0 Å². The largest absolute Gasteiger partial charge is 0.338 e. The van der Waals surface area contributed by atoms with Crippen LogP contribution in [0.15, 0.2) is 24.3 Å². The smallest absolute Gasteiger partial charge is 0.226 e. The number of aryl methyl sites for hydroxylation is 1. The molecule has 3 unspecified atom stereocenters. The van der Waals surface area contributed by atoms with Crippen molar-refractivity contribution in [3.05, 3.63) is 35.4 Å². The van der Waals surface area contributed by atoms with Gasteiger partial charge in [0.2, 0.25) is 5.91 Å². The number of carbonyl (C=O) groups is 1. The Hall–Kier alpha value is -1.35. The molecule has 1 spiro atoms. The first kappa shape index (κ1) is 14.3. The lowest BCUT2D eigenvalue weighted by molar-refractivity contribution is -0.136. The number of fused-ring (bicyclic) bond motifs is 2. The third-order valence-electron chi connectivity index (χ3n) is 6.18. The number of nitrogens with zero attached hydrogens (tertiary/aromatic N) is 1. The third kappa shape index (κ3) is 2.10. The summed E-state index contributed by atoms with van der Waals surface area (Å²) in [5.74, 6) is 0.591. The standard InChI is InChI=1S/C19H26N2O/c20-13-15-8-3-4-11-21(15)18(22)17-12-19(17)10-5-7-14-6-1-2-9-16(14)19/h1-2,6,9,15,17H,3-5,7-8,10-13,20H2. The van der Waals surface area contributed by atoms with Gasteiger partial charge in [0.15, 0.2) is 0 Å². The van der Waals surface area contributed by atoms with Crippen molar-refractivity contribution in [3.8, 4) is 0 Å². The summed E-state index contributed by atoms with van der Waals surface area (Å²) in [5, 5.41) is 0. The molecule has 1 aromatic carbocycles. The number of amides is 1. The fourth-order valence-electron chi connectivity index (χ4n) is 4.89. The molecule has 1 aromatic rings.